The molecular weight excluding hydrogens is 158 g/mol. The van der Waals surface area contributed by atoms with Crippen LogP contribution in [0.3, 0.4) is 0 Å². The minimum atomic E-state index is -1.58. The molecule has 0 unspecified atom stereocenters. The van der Waals surface area contributed by atoms with E-state index in [9.17, 15) is 18.4 Å². The van der Waals surface area contributed by atoms with Gasteiger partial charge >= 0.3 is 5.69 Å². The fourth-order valence-electron chi connectivity index (χ4n) is 0.566. The Morgan fingerprint density at radius 2 is 1.91 bits per heavy atom. The lowest BCUT2D eigenvalue weighted by Gasteiger charge is -1.96. The Balaban J connectivity index is 3.73. The second-order valence-electron chi connectivity index (χ2n) is 1.92. The third-order valence-electron chi connectivity index (χ3n) is 1.20. The van der Waals surface area contributed by atoms with Gasteiger partial charge < -0.3 is 0 Å². The molecule has 1 heterocycles. The lowest BCUT2D eigenvalue weighted by atomic mass is 10.6. The van der Waals surface area contributed by atoms with Crippen molar-refractivity contribution in [2.45, 2.75) is 0 Å². The van der Waals surface area contributed by atoms with E-state index >= 15 is 0 Å². The van der Waals surface area contributed by atoms with Crippen LogP contribution in [0.1, 0.15) is 0 Å². The van der Waals surface area contributed by atoms with Crippen molar-refractivity contribution in [1.29, 1.82) is 0 Å². The van der Waals surface area contributed by atoms with Crippen LogP contribution >= 0.6 is 0 Å². The first-order valence-electron chi connectivity index (χ1n) is 2.68. The zero-order valence-corrected chi connectivity index (χ0v) is 5.52. The number of aromatic amines is 1. The van der Waals surface area contributed by atoms with Gasteiger partial charge in [0.25, 0.3) is 5.56 Å². The van der Waals surface area contributed by atoms with Gasteiger partial charge in [-0.15, -0.1) is 0 Å². The van der Waals surface area contributed by atoms with Gasteiger partial charge in [-0.05, 0) is 0 Å². The first-order chi connectivity index (χ1) is 5.04. The molecule has 0 amide bonds. The number of halogens is 2. The first-order valence-corrected chi connectivity index (χ1v) is 2.68. The van der Waals surface area contributed by atoms with Gasteiger partial charge in [-0.25, -0.2) is 4.79 Å². The van der Waals surface area contributed by atoms with Crippen molar-refractivity contribution in [2.24, 2.45) is 7.05 Å². The maximum atomic E-state index is 12.4. The predicted octanol–water partition coefficient (Wildman–Crippen LogP) is -0.648. The highest BCUT2D eigenvalue weighted by molar-refractivity contribution is 4.89. The average Bonchev–Trinajstić information content (AvgIpc) is 1.97. The van der Waals surface area contributed by atoms with Crippen LogP contribution in [-0.2, 0) is 7.05 Å². The van der Waals surface area contributed by atoms with E-state index in [4.69, 9.17) is 0 Å². The maximum absolute atomic E-state index is 12.4. The molecule has 0 saturated heterocycles. The molecule has 1 rings (SSSR count). The first kappa shape index (κ1) is 7.64. The summed E-state index contributed by atoms with van der Waals surface area (Å²) in [4.78, 5) is 22.4. The van der Waals surface area contributed by atoms with Crippen LogP contribution < -0.4 is 11.2 Å². The van der Waals surface area contributed by atoms with E-state index in [1.54, 1.807) is 4.98 Å². The second-order valence-corrected chi connectivity index (χ2v) is 1.92. The Morgan fingerprint density at radius 1 is 1.36 bits per heavy atom. The lowest BCUT2D eigenvalue weighted by molar-refractivity contribution is 0.419. The fraction of sp³-hybridized carbons (Fsp3) is 0.200. The normalized spacial score (nSPS) is 10.1. The SMILES string of the molecule is Cn1c(F)c(F)c(=O)[nH]c1=O. The largest absolute Gasteiger partial charge is 0.330 e. The minimum Gasteiger partial charge on any atom is -0.271 e. The number of nitrogens with one attached hydrogen (secondary N) is 1. The van der Waals surface area contributed by atoms with Crippen molar-refractivity contribution in [3.63, 3.8) is 0 Å². The van der Waals surface area contributed by atoms with Crippen molar-refractivity contribution in [1.82, 2.24) is 9.55 Å². The van der Waals surface area contributed by atoms with Gasteiger partial charge in [-0.1, -0.05) is 0 Å². The van der Waals surface area contributed by atoms with E-state index in [-0.39, 0.29) is 0 Å². The topological polar surface area (TPSA) is 54.9 Å². The van der Waals surface area contributed by atoms with E-state index in [0.29, 0.717) is 4.57 Å². The molecule has 0 aromatic carbocycles. The molecule has 0 aliphatic heterocycles. The molecule has 4 nitrogen and oxygen atoms in total. The summed E-state index contributed by atoms with van der Waals surface area (Å²) in [5, 5.41) is 0. The van der Waals surface area contributed by atoms with Gasteiger partial charge in [0.15, 0.2) is 0 Å². The molecule has 11 heavy (non-hydrogen) atoms. The van der Waals surface area contributed by atoms with Crippen molar-refractivity contribution in [3.8, 4) is 0 Å². The van der Waals surface area contributed by atoms with Crippen molar-refractivity contribution >= 4 is 0 Å². The van der Waals surface area contributed by atoms with Crippen molar-refractivity contribution in [2.75, 3.05) is 0 Å². The Labute approximate surface area is 59.1 Å². The molecule has 0 saturated carbocycles. The third kappa shape index (κ3) is 1.06. The molecule has 60 valence electrons. The predicted molar refractivity (Wildman–Crippen MR) is 32.2 cm³/mol. The molecule has 0 atom stereocenters. The third-order valence-corrected chi connectivity index (χ3v) is 1.20. The van der Waals surface area contributed by atoms with Crippen LogP contribution in [0.2, 0.25) is 0 Å². The summed E-state index contributed by atoms with van der Waals surface area (Å²) in [6.45, 7) is 0. The average molecular weight is 162 g/mol. The van der Waals surface area contributed by atoms with Gasteiger partial charge in [0.05, 0.1) is 0 Å². The zero-order chi connectivity index (χ0) is 8.59. The summed E-state index contributed by atoms with van der Waals surface area (Å²) >= 11 is 0. The lowest BCUT2D eigenvalue weighted by Crippen LogP contribution is -2.32. The van der Waals surface area contributed by atoms with Crippen LogP contribution in [0.4, 0.5) is 8.78 Å². The summed E-state index contributed by atoms with van der Waals surface area (Å²) in [5.41, 5.74) is -2.32. The summed E-state index contributed by atoms with van der Waals surface area (Å²) in [6.07, 6.45) is 0. The second kappa shape index (κ2) is 2.30. The van der Waals surface area contributed by atoms with E-state index < -0.39 is 23.0 Å². The molecule has 1 aromatic heterocycles. The molecule has 0 fully saturated rings. The van der Waals surface area contributed by atoms with Crippen molar-refractivity contribution < 1.29 is 8.78 Å². The molecule has 0 aliphatic carbocycles. The van der Waals surface area contributed by atoms with E-state index in [1.165, 1.54) is 0 Å². The van der Waals surface area contributed by atoms with Gasteiger partial charge in [0.2, 0.25) is 11.8 Å². The summed E-state index contributed by atoms with van der Waals surface area (Å²) in [7, 11) is 1.01. The Kier molecular flexibility index (Phi) is 1.60. The quantitative estimate of drug-likeness (QED) is 0.515. The molecule has 0 radical (unpaired) electrons. The summed E-state index contributed by atoms with van der Waals surface area (Å²) in [6, 6.07) is 0. The van der Waals surface area contributed by atoms with E-state index in [1.807, 2.05) is 0 Å². The van der Waals surface area contributed by atoms with E-state index in [2.05, 4.69) is 0 Å². The molecule has 0 spiro atoms. The number of rotatable bonds is 0. The molecular formula is C5H4F2N2O2. The van der Waals surface area contributed by atoms with Crippen LogP contribution in [0.5, 0.6) is 0 Å². The van der Waals surface area contributed by atoms with Gasteiger partial charge in [0.1, 0.15) is 0 Å². The molecule has 1 aromatic rings. The standard InChI is InChI=1S/C5H4F2N2O2/c1-9-3(7)2(6)4(10)8-5(9)11/h1H3,(H,8,10,11). The van der Waals surface area contributed by atoms with Gasteiger partial charge in [0, 0.05) is 7.05 Å². The van der Waals surface area contributed by atoms with Gasteiger partial charge in [-0.2, -0.15) is 8.78 Å². The molecule has 1 N–H and O–H groups in total. The van der Waals surface area contributed by atoms with Gasteiger partial charge in [-0.3, -0.25) is 14.3 Å². The summed E-state index contributed by atoms with van der Waals surface area (Å²) in [5.74, 6) is -3.04. The Hall–Kier alpha value is -1.46. The number of hydrogen-bond donors (Lipinski definition) is 1. The minimum absolute atomic E-state index is 0.372. The fourth-order valence-corrected chi connectivity index (χ4v) is 0.566. The zero-order valence-electron chi connectivity index (χ0n) is 5.52. The maximum Gasteiger partial charge on any atom is 0.330 e. The molecule has 6 heteroatoms. The highest BCUT2D eigenvalue weighted by Gasteiger charge is 2.10. The number of nitrogens with zero attached hydrogens (tertiary/aromatic N) is 1. The number of aromatic nitrogens is 2. The van der Waals surface area contributed by atoms with Crippen LogP contribution in [0, 0.1) is 11.8 Å². The highest BCUT2D eigenvalue weighted by atomic mass is 19.2. The molecule has 0 bridgehead atoms. The van der Waals surface area contributed by atoms with Crippen LogP contribution in [0.25, 0.3) is 0 Å². The summed E-state index contributed by atoms with van der Waals surface area (Å²) < 4.78 is 25.1. The Bertz CT molecular complexity index is 358. The Morgan fingerprint density at radius 3 is 2.45 bits per heavy atom. The monoisotopic (exact) mass is 162 g/mol. The number of hydrogen-bond acceptors (Lipinski definition) is 2. The van der Waals surface area contributed by atoms with Crippen LogP contribution in [0.15, 0.2) is 9.59 Å². The van der Waals surface area contributed by atoms with Crippen LogP contribution in [-0.4, -0.2) is 9.55 Å². The highest BCUT2D eigenvalue weighted by Crippen LogP contribution is 1.91. The smallest absolute Gasteiger partial charge is 0.271 e. The molecule has 0 aliphatic rings. The van der Waals surface area contributed by atoms with Crippen molar-refractivity contribution in [3.05, 3.63) is 32.6 Å². The number of H-pyrrole nitrogens is 1. The van der Waals surface area contributed by atoms with E-state index in [0.717, 1.165) is 7.05 Å².